The molecule has 0 saturated carbocycles. The van der Waals surface area contributed by atoms with Crippen LogP contribution in [0.5, 0.6) is 0 Å². The molecule has 0 aliphatic rings. The quantitative estimate of drug-likeness (QED) is 0.549. The third-order valence-electron chi connectivity index (χ3n) is 4.10. The summed E-state index contributed by atoms with van der Waals surface area (Å²) in [6.07, 6.45) is 3.24. The van der Waals surface area contributed by atoms with Crippen molar-refractivity contribution in [2.75, 3.05) is 4.90 Å². The molecule has 0 fully saturated rings. The summed E-state index contributed by atoms with van der Waals surface area (Å²) in [5.74, 6) is 1.29. The van der Waals surface area contributed by atoms with Gasteiger partial charge in [-0.2, -0.15) is 0 Å². The lowest BCUT2D eigenvalue weighted by atomic mass is 10.1. The van der Waals surface area contributed by atoms with E-state index in [0.29, 0.717) is 22.9 Å². The second-order valence-electron chi connectivity index (χ2n) is 5.71. The van der Waals surface area contributed by atoms with Crippen molar-refractivity contribution in [1.29, 1.82) is 0 Å². The van der Waals surface area contributed by atoms with Crippen LogP contribution in [0.2, 0.25) is 0 Å². The number of nitrogens with zero attached hydrogens (tertiary/aromatic N) is 2. The molecule has 0 unspecified atom stereocenters. The summed E-state index contributed by atoms with van der Waals surface area (Å²) < 4.78 is 11.2. The van der Waals surface area contributed by atoms with Crippen molar-refractivity contribution < 1.29 is 13.6 Å². The van der Waals surface area contributed by atoms with E-state index in [1.807, 2.05) is 49.4 Å². The number of fused-ring (bicyclic) bond motifs is 1. The van der Waals surface area contributed by atoms with Crippen molar-refractivity contribution in [1.82, 2.24) is 4.98 Å². The first kappa shape index (κ1) is 15.2. The van der Waals surface area contributed by atoms with E-state index < -0.39 is 0 Å². The number of rotatable bonds is 4. The molecule has 1 amide bonds. The van der Waals surface area contributed by atoms with Gasteiger partial charge in [-0.1, -0.05) is 24.3 Å². The van der Waals surface area contributed by atoms with Gasteiger partial charge < -0.3 is 8.83 Å². The molecule has 0 aliphatic heterocycles. The fraction of sp³-hybridized carbons (Fsp3) is 0.100. The lowest BCUT2D eigenvalue weighted by Gasteiger charge is -2.19. The fourth-order valence-corrected chi connectivity index (χ4v) is 2.83. The van der Waals surface area contributed by atoms with Crippen LogP contribution in [0.25, 0.3) is 11.0 Å². The van der Waals surface area contributed by atoms with Gasteiger partial charge in [-0.05, 0) is 37.3 Å². The number of para-hydroxylation sites is 1. The first-order valence-corrected chi connectivity index (χ1v) is 7.97. The van der Waals surface area contributed by atoms with Crippen molar-refractivity contribution in [3.63, 3.8) is 0 Å². The second kappa shape index (κ2) is 6.28. The Morgan fingerprint density at radius 2 is 1.92 bits per heavy atom. The number of amides is 1. The molecule has 5 nitrogen and oxygen atoms in total. The molecule has 25 heavy (non-hydrogen) atoms. The zero-order valence-corrected chi connectivity index (χ0v) is 13.7. The molecule has 0 N–H and O–H groups in total. The van der Waals surface area contributed by atoms with Crippen molar-refractivity contribution >= 4 is 22.7 Å². The molecule has 3 heterocycles. The Bertz CT molecular complexity index is 1000. The van der Waals surface area contributed by atoms with Gasteiger partial charge in [0.2, 0.25) is 0 Å². The van der Waals surface area contributed by atoms with Crippen LogP contribution in [-0.4, -0.2) is 10.9 Å². The zero-order valence-electron chi connectivity index (χ0n) is 13.7. The number of hydrogen-bond acceptors (Lipinski definition) is 4. The van der Waals surface area contributed by atoms with Gasteiger partial charge in [-0.3, -0.25) is 9.69 Å². The van der Waals surface area contributed by atoms with E-state index in [1.54, 1.807) is 29.5 Å². The molecular formula is C20H16N2O3. The third kappa shape index (κ3) is 2.80. The van der Waals surface area contributed by atoms with Gasteiger partial charge in [0, 0.05) is 17.1 Å². The summed E-state index contributed by atoms with van der Waals surface area (Å²) in [7, 11) is 0. The third-order valence-corrected chi connectivity index (χ3v) is 4.10. The lowest BCUT2D eigenvalue weighted by Crippen LogP contribution is -2.31. The Hall–Kier alpha value is -3.34. The molecule has 1 aromatic carbocycles. The molecule has 3 aromatic heterocycles. The molecule has 124 valence electrons. The number of hydrogen-bond donors (Lipinski definition) is 0. The maximum atomic E-state index is 13.2. The first-order chi connectivity index (χ1) is 12.2. The van der Waals surface area contributed by atoms with Crippen molar-refractivity contribution in [3.8, 4) is 0 Å². The summed E-state index contributed by atoms with van der Waals surface area (Å²) in [4.78, 5) is 19.1. The Morgan fingerprint density at radius 1 is 1.08 bits per heavy atom. The highest BCUT2D eigenvalue weighted by molar-refractivity contribution is 6.07. The normalized spacial score (nSPS) is 10.9. The van der Waals surface area contributed by atoms with Crippen LogP contribution < -0.4 is 4.90 Å². The minimum Gasteiger partial charge on any atom is -0.467 e. The van der Waals surface area contributed by atoms with Crippen LogP contribution in [0, 0.1) is 6.92 Å². The SMILES string of the molecule is Cc1c(C(=O)N(Cc2ccco2)c2ccccn2)oc2ccccc12. The van der Waals surface area contributed by atoms with Crippen molar-refractivity contribution in [2.24, 2.45) is 0 Å². The average Bonchev–Trinajstić information content (AvgIpc) is 3.28. The minimum atomic E-state index is -0.246. The van der Waals surface area contributed by atoms with Gasteiger partial charge in [0.15, 0.2) is 5.76 Å². The summed E-state index contributed by atoms with van der Waals surface area (Å²) in [6.45, 7) is 2.17. The van der Waals surface area contributed by atoms with E-state index in [9.17, 15) is 4.79 Å². The van der Waals surface area contributed by atoms with Gasteiger partial charge in [-0.25, -0.2) is 4.98 Å². The van der Waals surface area contributed by atoms with E-state index in [4.69, 9.17) is 8.83 Å². The van der Waals surface area contributed by atoms with Crippen LogP contribution in [-0.2, 0) is 6.54 Å². The van der Waals surface area contributed by atoms with E-state index >= 15 is 0 Å². The summed E-state index contributed by atoms with van der Waals surface area (Å²) in [5, 5.41) is 0.935. The van der Waals surface area contributed by atoms with E-state index in [-0.39, 0.29) is 12.5 Å². The molecule has 0 saturated heterocycles. The van der Waals surface area contributed by atoms with Gasteiger partial charge >= 0.3 is 0 Å². The van der Waals surface area contributed by atoms with Crippen LogP contribution in [0.15, 0.2) is 75.9 Å². The molecule has 5 heteroatoms. The molecule has 0 bridgehead atoms. The molecule has 4 aromatic rings. The van der Waals surface area contributed by atoms with E-state index in [0.717, 1.165) is 10.9 Å². The largest absolute Gasteiger partial charge is 0.467 e. The lowest BCUT2D eigenvalue weighted by molar-refractivity contribution is 0.0957. The van der Waals surface area contributed by atoms with Crippen LogP contribution in [0.1, 0.15) is 21.9 Å². The number of furan rings is 2. The summed E-state index contributed by atoms with van der Waals surface area (Å²) >= 11 is 0. The number of carbonyl (C=O) groups excluding carboxylic acids is 1. The van der Waals surface area contributed by atoms with E-state index in [2.05, 4.69) is 4.98 Å². The highest BCUT2D eigenvalue weighted by atomic mass is 16.3. The molecule has 0 atom stereocenters. The van der Waals surface area contributed by atoms with Crippen LogP contribution in [0.4, 0.5) is 5.82 Å². The van der Waals surface area contributed by atoms with Crippen molar-refractivity contribution in [2.45, 2.75) is 13.5 Å². The van der Waals surface area contributed by atoms with E-state index in [1.165, 1.54) is 0 Å². The average molecular weight is 332 g/mol. The molecule has 0 aliphatic carbocycles. The Balaban J connectivity index is 1.77. The number of carbonyl (C=O) groups is 1. The highest BCUT2D eigenvalue weighted by Crippen LogP contribution is 2.27. The monoisotopic (exact) mass is 332 g/mol. The predicted octanol–water partition coefficient (Wildman–Crippen LogP) is 4.58. The smallest absolute Gasteiger partial charge is 0.295 e. The summed E-state index contributed by atoms with van der Waals surface area (Å²) in [5.41, 5.74) is 1.52. The van der Waals surface area contributed by atoms with Gasteiger partial charge in [-0.15, -0.1) is 0 Å². The molecule has 0 radical (unpaired) electrons. The predicted molar refractivity (Wildman–Crippen MR) is 94.4 cm³/mol. The van der Waals surface area contributed by atoms with Gasteiger partial charge in [0.25, 0.3) is 5.91 Å². The molecule has 0 spiro atoms. The van der Waals surface area contributed by atoms with Crippen molar-refractivity contribution in [3.05, 3.63) is 84.1 Å². The maximum absolute atomic E-state index is 13.2. The Kier molecular flexibility index (Phi) is 3.82. The number of pyridine rings is 1. The second-order valence-corrected chi connectivity index (χ2v) is 5.71. The standard InChI is InChI=1S/C20H16N2O3/c1-14-16-8-2-3-9-17(16)25-19(14)20(23)22(13-15-7-6-12-24-15)18-10-4-5-11-21-18/h2-12H,13H2,1H3. The first-order valence-electron chi connectivity index (χ1n) is 7.97. The Morgan fingerprint density at radius 3 is 2.64 bits per heavy atom. The van der Waals surface area contributed by atoms with Crippen LogP contribution in [0.3, 0.4) is 0 Å². The minimum absolute atomic E-state index is 0.246. The Labute approximate surface area is 144 Å². The topological polar surface area (TPSA) is 59.5 Å². The van der Waals surface area contributed by atoms with Gasteiger partial charge in [0.05, 0.1) is 12.8 Å². The number of anilines is 1. The number of aromatic nitrogens is 1. The molecular weight excluding hydrogens is 316 g/mol. The number of benzene rings is 1. The zero-order chi connectivity index (χ0) is 17.2. The van der Waals surface area contributed by atoms with Crippen LogP contribution >= 0.6 is 0 Å². The maximum Gasteiger partial charge on any atom is 0.295 e. The summed E-state index contributed by atoms with van der Waals surface area (Å²) in [6, 6.07) is 16.7. The molecule has 4 rings (SSSR count). The highest BCUT2D eigenvalue weighted by Gasteiger charge is 2.26. The number of aryl methyl sites for hydroxylation is 1. The fourth-order valence-electron chi connectivity index (χ4n) is 2.83. The van der Waals surface area contributed by atoms with Gasteiger partial charge in [0.1, 0.15) is 17.2 Å².